The third-order valence-electron chi connectivity index (χ3n) is 7.97. The Kier molecular flexibility index (Phi) is 5.43. The van der Waals surface area contributed by atoms with Crippen molar-refractivity contribution in [2.75, 3.05) is 18.0 Å². The number of nitrogens with zero attached hydrogens (tertiary/aromatic N) is 2. The number of para-hydroxylation sites is 2. The fraction of sp³-hybridized carbons (Fsp3) is 0.345. The highest BCUT2D eigenvalue weighted by Crippen LogP contribution is 2.45. The molecule has 184 valence electrons. The second kappa shape index (κ2) is 8.66. The predicted molar refractivity (Wildman–Crippen MR) is 139 cm³/mol. The van der Waals surface area contributed by atoms with Crippen LogP contribution in [0.5, 0.6) is 0 Å². The molecule has 1 unspecified atom stereocenters. The van der Waals surface area contributed by atoms with Gasteiger partial charge in [0.15, 0.2) is 5.54 Å². The number of hydrogen-bond acceptors (Lipinski definition) is 3. The van der Waals surface area contributed by atoms with Gasteiger partial charge >= 0.3 is 6.03 Å². The van der Waals surface area contributed by atoms with Gasteiger partial charge in [0.1, 0.15) is 0 Å². The van der Waals surface area contributed by atoms with Crippen LogP contribution in [0.3, 0.4) is 0 Å². The van der Waals surface area contributed by atoms with Crippen molar-refractivity contribution in [3.8, 4) is 0 Å². The Morgan fingerprint density at radius 3 is 2.69 bits per heavy atom. The number of benzene rings is 2. The molecule has 0 saturated carbocycles. The van der Waals surface area contributed by atoms with E-state index < -0.39 is 5.54 Å². The molecule has 2 N–H and O–H groups in total. The van der Waals surface area contributed by atoms with E-state index in [2.05, 4.69) is 16.4 Å². The zero-order chi connectivity index (χ0) is 24.9. The zero-order valence-corrected chi connectivity index (χ0v) is 20.5. The van der Waals surface area contributed by atoms with Gasteiger partial charge in [0.25, 0.3) is 11.8 Å². The van der Waals surface area contributed by atoms with Crippen molar-refractivity contribution in [2.24, 2.45) is 0 Å². The SMILES string of the molecule is CC12C(=O)N(c3ccccc3C(=O)NCCC3=CCCCC3)C(=O)N1CCc1c2[nH]c2ccccc12. The lowest BCUT2D eigenvalue weighted by Gasteiger charge is -2.35. The number of hydrogen-bond donors (Lipinski definition) is 2. The standard InChI is InChI=1S/C29H30N4O3/c1-29-25-21(20-11-5-7-13-23(20)31-25)16-18-32(29)28(36)33(27(29)35)24-14-8-6-12-22(24)26(34)30-17-15-19-9-3-2-4-10-19/h5-9,11-14,31H,2-4,10,15-18H2,1H3,(H,30,34). The Labute approximate surface area is 210 Å². The molecule has 4 amide bonds. The number of anilines is 1. The molecule has 2 aromatic carbocycles. The molecule has 3 heterocycles. The summed E-state index contributed by atoms with van der Waals surface area (Å²) >= 11 is 0. The van der Waals surface area contributed by atoms with E-state index in [1.54, 1.807) is 36.1 Å². The molecule has 6 rings (SSSR count). The molecule has 0 spiro atoms. The van der Waals surface area contributed by atoms with Crippen molar-refractivity contribution in [1.29, 1.82) is 0 Å². The van der Waals surface area contributed by atoms with Crippen LogP contribution in [0, 0.1) is 0 Å². The minimum atomic E-state index is -1.15. The maximum atomic E-state index is 14.0. The predicted octanol–water partition coefficient (Wildman–Crippen LogP) is 5.03. The van der Waals surface area contributed by atoms with Crippen LogP contribution in [0.1, 0.15) is 60.6 Å². The summed E-state index contributed by atoms with van der Waals surface area (Å²) in [5.74, 6) is -0.614. The second-order valence-electron chi connectivity index (χ2n) is 10.1. The van der Waals surface area contributed by atoms with Gasteiger partial charge in [-0.05, 0) is 69.2 Å². The van der Waals surface area contributed by atoms with E-state index in [0.29, 0.717) is 30.8 Å². The number of urea groups is 1. The summed E-state index contributed by atoms with van der Waals surface area (Å²) in [5, 5.41) is 4.08. The Balaban J connectivity index is 1.31. The molecule has 0 radical (unpaired) electrons. The average Bonchev–Trinajstić information content (AvgIpc) is 3.38. The van der Waals surface area contributed by atoms with Gasteiger partial charge in [-0.1, -0.05) is 42.0 Å². The number of amides is 4. The van der Waals surface area contributed by atoms with Crippen LogP contribution in [0.4, 0.5) is 10.5 Å². The molecule has 1 atom stereocenters. The molecule has 7 nitrogen and oxygen atoms in total. The van der Waals surface area contributed by atoms with Gasteiger partial charge in [-0.15, -0.1) is 0 Å². The molecular formula is C29H30N4O3. The fourth-order valence-corrected chi connectivity index (χ4v) is 6.03. The zero-order valence-electron chi connectivity index (χ0n) is 20.5. The van der Waals surface area contributed by atoms with Crippen molar-refractivity contribution < 1.29 is 14.4 Å². The first-order valence-electron chi connectivity index (χ1n) is 12.8. The molecule has 1 aliphatic carbocycles. The van der Waals surface area contributed by atoms with Crippen molar-refractivity contribution in [3.63, 3.8) is 0 Å². The van der Waals surface area contributed by atoms with E-state index in [1.807, 2.05) is 24.3 Å². The van der Waals surface area contributed by atoms with Gasteiger partial charge in [0.05, 0.1) is 16.9 Å². The maximum Gasteiger partial charge on any atom is 0.332 e. The minimum absolute atomic E-state index is 0.274. The van der Waals surface area contributed by atoms with Crippen molar-refractivity contribution in [3.05, 3.63) is 77.0 Å². The molecule has 0 bridgehead atoms. The molecule has 2 aliphatic heterocycles. The van der Waals surface area contributed by atoms with Crippen LogP contribution in [-0.2, 0) is 16.8 Å². The smallest absolute Gasteiger partial charge is 0.332 e. The van der Waals surface area contributed by atoms with Crippen molar-refractivity contribution in [2.45, 2.75) is 51.0 Å². The Morgan fingerprint density at radius 1 is 1.06 bits per heavy atom. The van der Waals surface area contributed by atoms with E-state index in [1.165, 1.54) is 23.3 Å². The third kappa shape index (κ3) is 3.37. The molecule has 36 heavy (non-hydrogen) atoms. The number of imide groups is 1. The van der Waals surface area contributed by atoms with Crippen LogP contribution >= 0.6 is 0 Å². The number of carbonyl (C=O) groups is 3. The van der Waals surface area contributed by atoms with Gasteiger partial charge in [0.2, 0.25) is 0 Å². The number of allylic oxidation sites excluding steroid dienone is 1. The minimum Gasteiger partial charge on any atom is -0.356 e. The largest absolute Gasteiger partial charge is 0.356 e. The summed E-state index contributed by atoms with van der Waals surface area (Å²) in [7, 11) is 0. The van der Waals surface area contributed by atoms with Crippen molar-refractivity contribution >= 4 is 34.4 Å². The molecule has 7 heteroatoms. The highest BCUT2D eigenvalue weighted by molar-refractivity contribution is 6.25. The molecule has 3 aliphatic rings. The normalized spacial score (nSPS) is 21.4. The second-order valence-corrected chi connectivity index (χ2v) is 10.1. The van der Waals surface area contributed by atoms with Gasteiger partial charge in [-0.3, -0.25) is 9.59 Å². The number of fused-ring (bicyclic) bond motifs is 5. The number of nitrogens with one attached hydrogen (secondary N) is 2. The summed E-state index contributed by atoms with van der Waals surface area (Å²) < 4.78 is 0. The highest BCUT2D eigenvalue weighted by Gasteiger charge is 2.59. The lowest BCUT2D eigenvalue weighted by molar-refractivity contribution is -0.125. The summed E-state index contributed by atoms with van der Waals surface area (Å²) in [5.41, 5.74) is 3.69. The van der Waals surface area contributed by atoms with E-state index in [4.69, 9.17) is 0 Å². The van der Waals surface area contributed by atoms with Crippen LogP contribution in [-0.4, -0.2) is 40.8 Å². The van der Waals surface area contributed by atoms with Crippen LogP contribution < -0.4 is 10.2 Å². The topological polar surface area (TPSA) is 85.5 Å². The Morgan fingerprint density at radius 2 is 1.86 bits per heavy atom. The lowest BCUT2D eigenvalue weighted by Crippen LogP contribution is -2.49. The Hall–Kier alpha value is -3.87. The van der Waals surface area contributed by atoms with Gasteiger partial charge < -0.3 is 15.2 Å². The van der Waals surface area contributed by atoms with Crippen LogP contribution in [0.2, 0.25) is 0 Å². The van der Waals surface area contributed by atoms with Crippen molar-refractivity contribution in [1.82, 2.24) is 15.2 Å². The van der Waals surface area contributed by atoms with Crippen LogP contribution in [0.15, 0.2) is 60.2 Å². The highest BCUT2D eigenvalue weighted by atomic mass is 16.2. The monoisotopic (exact) mass is 482 g/mol. The van der Waals surface area contributed by atoms with Gasteiger partial charge in [0, 0.05) is 24.0 Å². The van der Waals surface area contributed by atoms with E-state index in [-0.39, 0.29) is 17.8 Å². The number of carbonyl (C=O) groups excluding carboxylic acids is 3. The lowest BCUT2D eigenvalue weighted by atomic mass is 9.87. The number of aromatic nitrogens is 1. The molecular weight excluding hydrogens is 452 g/mol. The van der Waals surface area contributed by atoms with E-state index >= 15 is 0 Å². The average molecular weight is 483 g/mol. The summed E-state index contributed by atoms with van der Waals surface area (Å²) in [6.07, 6.45) is 8.41. The molecule has 1 saturated heterocycles. The van der Waals surface area contributed by atoms with E-state index in [9.17, 15) is 14.4 Å². The van der Waals surface area contributed by atoms with Gasteiger partial charge in [-0.2, -0.15) is 0 Å². The first-order chi connectivity index (χ1) is 17.5. The summed E-state index contributed by atoms with van der Waals surface area (Å²) in [4.78, 5) is 47.1. The molecule has 1 aromatic heterocycles. The van der Waals surface area contributed by atoms with Gasteiger partial charge in [-0.25, -0.2) is 9.69 Å². The fourth-order valence-electron chi connectivity index (χ4n) is 6.03. The summed E-state index contributed by atoms with van der Waals surface area (Å²) in [6.45, 7) is 2.78. The quantitative estimate of drug-likeness (QED) is 0.395. The Bertz CT molecular complexity index is 1420. The number of H-pyrrole nitrogens is 1. The number of aromatic amines is 1. The summed E-state index contributed by atoms with van der Waals surface area (Å²) in [6, 6.07) is 14.5. The maximum absolute atomic E-state index is 14.0. The first kappa shape index (κ1) is 22.6. The molecule has 3 aromatic rings. The third-order valence-corrected chi connectivity index (χ3v) is 7.97. The first-order valence-corrected chi connectivity index (χ1v) is 12.8. The van der Waals surface area contributed by atoms with Crippen LogP contribution in [0.25, 0.3) is 10.9 Å². The molecule has 1 fully saturated rings. The number of rotatable bonds is 5. The van der Waals surface area contributed by atoms with E-state index in [0.717, 1.165) is 41.4 Å².